The first-order chi connectivity index (χ1) is 15.3. The van der Waals surface area contributed by atoms with Crippen molar-refractivity contribution in [2.24, 2.45) is 0 Å². The molecule has 3 rings (SSSR count). The van der Waals surface area contributed by atoms with E-state index in [9.17, 15) is 39.6 Å². The van der Waals surface area contributed by atoms with Crippen LogP contribution in [0.25, 0.3) is 0 Å². The number of hydrogen-bond acceptors (Lipinski definition) is 4. The van der Waals surface area contributed by atoms with Crippen molar-refractivity contribution in [3.05, 3.63) is 64.7 Å². The van der Waals surface area contributed by atoms with Crippen LogP contribution >= 0.6 is 0 Å². The third kappa shape index (κ3) is 5.84. The Kier molecular flexibility index (Phi) is 7.05. The van der Waals surface area contributed by atoms with Crippen molar-refractivity contribution in [2.45, 2.75) is 23.8 Å². The summed E-state index contributed by atoms with van der Waals surface area (Å²) in [6.45, 7) is 0.210. The molecule has 2 aromatic carbocycles. The maximum atomic E-state index is 13.0. The highest BCUT2D eigenvalue weighted by Crippen LogP contribution is 2.36. The summed E-state index contributed by atoms with van der Waals surface area (Å²) in [5.74, 6) is -1.22. The fourth-order valence-corrected chi connectivity index (χ4v) is 4.82. The Hall–Kier alpha value is -2.64. The van der Waals surface area contributed by atoms with Crippen molar-refractivity contribution in [2.75, 3.05) is 26.3 Å². The molecule has 1 aliphatic heterocycles. The minimum absolute atomic E-state index is 0.0824. The second-order valence-corrected chi connectivity index (χ2v) is 9.01. The first kappa shape index (κ1) is 25.0. The molecule has 1 aliphatic rings. The van der Waals surface area contributed by atoms with Crippen LogP contribution in [-0.2, 0) is 33.7 Å². The highest BCUT2D eigenvalue weighted by Gasteiger charge is 2.37. The molecule has 33 heavy (non-hydrogen) atoms. The zero-order valence-corrected chi connectivity index (χ0v) is 17.6. The second kappa shape index (κ2) is 9.31. The van der Waals surface area contributed by atoms with Gasteiger partial charge in [0.15, 0.2) is 0 Å². The smallest absolute Gasteiger partial charge is 0.379 e. The van der Waals surface area contributed by atoms with Gasteiger partial charge in [0, 0.05) is 25.2 Å². The predicted octanol–water partition coefficient (Wildman–Crippen LogP) is 3.68. The molecule has 1 heterocycles. The van der Waals surface area contributed by atoms with Crippen molar-refractivity contribution >= 4 is 15.9 Å². The van der Waals surface area contributed by atoms with Gasteiger partial charge < -0.3 is 10.1 Å². The minimum atomic E-state index is -5.10. The number of sulfonamides is 1. The Balaban J connectivity index is 1.86. The molecule has 2 aromatic rings. The summed E-state index contributed by atoms with van der Waals surface area (Å²) in [6, 6.07) is 6.18. The molecule has 0 saturated carbocycles. The molecule has 0 atom stereocenters. The van der Waals surface area contributed by atoms with Crippen molar-refractivity contribution in [3.8, 4) is 0 Å². The first-order valence-electron chi connectivity index (χ1n) is 9.53. The Morgan fingerprint density at radius 1 is 0.939 bits per heavy atom. The number of nitrogens with one attached hydrogen (secondary N) is 1. The molecule has 0 unspecified atom stereocenters. The summed E-state index contributed by atoms with van der Waals surface area (Å²) in [7, 11) is -3.95. The molecular formula is C20H18F6N2O4S. The maximum Gasteiger partial charge on any atom is 0.416 e. The zero-order chi connectivity index (χ0) is 24.4. The van der Waals surface area contributed by atoms with Gasteiger partial charge in [-0.2, -0.15) is 30.6 Å². The number of benzene rings is 2. The van der Waals surface area contributed by atoms with Gasteiger partial charge in [-0.1, -0.05) is 18.2 Å². The van der Waals surface area contributed by atoms with Crippen molar-refractivity contribution in [1.29, 1.82) is 0 Å². The summed E-state index contributed by atoms with van der Waals surface area (Å²) >= 11 is 0. The van der Waals surface area contributed by atoms with Crippen LogP contribution in [0.3, 0.4) is 0 Å². The number of alkyl halides is 6. The van der Waals surface area contributed by atoms with Crippen LogP contribution < -0.4 is 5.32 Å². The second-order valence-electron chi connectivity index (χ2n) is 7.10. The Bertz CT molecular complexity index is 1090. The topological polar surface area (TPSA) is 75.7 Å². The van der Waals surface area contributed by atoms with Crippen LogP contribution in [-0.4, -0.2) is 44.9 Å². The van der Waals surface area contributed by atoms with Crippen LogP contribution in [0.1, 0.15) is 27.0 Å². The van der Waals surface area contributed by atoms with Crippen LogP contribution in [0.2, 0.25) is 0 Å². The lowest BCUT2D eigenvalue weighted by atomic mass is 10.0. The lowest BCUT2D eigenvalue weighted by Gasteiger charge is -2.27. The number of ether oxygens (including phenoxy) is 1. The molecule has 13 heteroatoms. The fourth-order valence-electron chi connectivity index (χ4n) is 3.19. The molecule has 0 aromatic heterocycles. The van der Waals surface area contributed by atoms with Gasteiger partial charge in [0.2, 0.25) is 10.0 Å². The van der Waals surface area contributed by atoms with Crippen molar-refractivity contribution < 1.29 is 44.3 Å². The van der Waals surface area contributed by atoms with Crippen LogP contribution in [0.4, 0.5) is 26.3 Å². The van der Waals surface area contributed by atoms with Gasteiger partial charge in [0.25, 0.3) is 5.91 Å². The third-order valence-electron chi connectivity index (χ3n) is 4.85. The molecule has 0 radical (unpaired) electrons. The molecule has 180 valence electrons. The highest BCUT2D eigenvalue weighted by molar-refractivity contribution is 7.89. The summed E-state index contributed by atoms with van der Waals surface area (Å²) in [4.78, 5) is 12.3. The highest BCUT2D eigenvalue weighted by atomic mass is 32.2. The summed E-state index contributed by atoms with van der Waals surface area (Å²) < 4.78 is 110. The molecule has 1 saturated heterocycles. The van der Waals surface area contributed by atoms with Gasteiger partial charge in [-0.15, -0.1) is 0 Å². The van der Waals surface area contributed by atoms with Crippen LogP contribution in [0.15, 0.2) is 47.4 Å². The van der Waals surface area contributed by atoms with Crippen LogP contribution in [0, 0.1) is 0 Å². The van der Waals surface area contributed by atoms with Gasteiger partial charge in [-0.3, -0.25) is 4.79 Å². The van der Waals surface area contributed by atoms with E-state index in [4.69, 9.17) is 4.74 Å². The molecular weight excluding hydrogens is 478 g/mol. The van der Waals surface area contributed by atoms with Crippen molar-refractivity contribution in [3.63, 3.8) is 0 Å². The first-order valence-corrected chi connectivity index (χ1v) is 11.0. The molecule has 6 nitrogen and oxygen atoms in total. The van der Waals surface area contributed by atoms with Crippen LogP contribution in [0.5, 0.6) is 0 Å². The van der Waals surface area contributed by atoms with Gasteiger partial charge in [-0.25, -0.2) is 8.42 Å². The fraction of sp³-hybridized carbons (Fsp3) is 0.350. The maximum absolute atomic E-state index is 13.0. The van der Waals surface area contributed by atoms with Gasteiger partial charge >= 0.3 is 12.4 Å². The molecule has 1 N–H and O–H groups in total. The molecule has 0 aliphatic carbocycles. The number of carbonyl (C=O) groups excluding carboxylic acids is 1. The lowest BCUT2D eigenvalue weighted by molar-refractivity contribution is -0.143. The van der Waals surface area contributed by atoms with Crippen molar-refractivity contribution in [1.82, 2.24) is 9.62 Å². The number of hydrogen-bond donors (Lipinski definition) is 1. The Morgan fingerprint density at radius 3 is 2.03 bits per heavy atom. The van der Waals surface area contributed by atoms with Gasteiger partial charge in [0.1, 0.15) is 0 Å². The Morgan fingerprint density at radius 2 is 1.48 bits per heavy atom. The largest absolute Gasteiger partial charge is 0.416 e. The summed E-state index contributed by atoms with van der Waals surface area (Å²) in [6.07, 6.45) is -10.2. The average Bonchev–Trinajstić information content (AvgIpc) is 2.76. The van der Waals surface area contributed by atoms with E-state index in [-0.39, 0.29) is 42.8 Å². The average molecular weight is 496 g/mol. The van der Waals surface area contributed by atoms with E-state index < -0.39 is 51.5 Å². The number of amides is 1. The predicted molar refractivity (Wildman–Crippen MR) is 104 cm³/mol. The number of morpholine rings is 1. The lowest BCUT2D eigenvalue weighted by Crippen LogP contribution is -2.41. The summed E-state index contributed by atoms with van der Waals surface area (Å²) in [5.41, 5.74) is -3.98. The number of nitrogens with zero attached hydrogens (tertiary/aromatic N) is 1. The van der Waals surface area contributed by atoms with E-state index in [0.29, 0.717) is 12.1 Å². The molecule has 1 fully saturated rings. The molecule has 1 amide bonds. The zero-order valence-electron chi connectivity index (χ0n) is 16.8. The number of halogens is 6. The molecule has 0 bridgehead atoms. The van der Waals surface area contributed by atoms with E-state index in [1.54, 1.807) is 0 Å². The SMILES string of the molecule is O=C(NCc1ccccc1S(=O)(=O)N1CCOCC1)c1cc(C(F)(F)F)cc(C(F)(F)F)c1. The molecule has 0 spiro atoms. The monoisotopic (exact) mass is 496 g/mol. The Labute approximate surface area is 185 Å². The van der Waals surface area contributed by atoms with E-state index in [2.05, 4.69) is 5.32 Å². The quantitative estimate of drug-likeness (QED) is 0.641. The van der Waals surface area contributed by atoms with E-state index in [1.165, 1.54) is 28.6 Å². The van der Waals surface area contributed by atoms with E-state index in [0.717, 1.165) is 0 Å². The van der Waals surface area contributed by atoms with Gasteiger partial charge in [-0.05, 0) is 29.8 Å². The third-order valence-corrected chi connectivity index (χ3v) is 6.85. The number of carbonyl (C=O) groups is 1. The van der Waals surface area contributed by atoms with E-state index >= 15 is 0 Å². The van der Waals surface area contributed by atoms with Gasteiger partial charge in [0.05, 0.1) is 29.2 Å². The van der Waals surface area contributed by atoms with E-state index in [1.807, 2.05) is 0 Å². The standard InChI is InChI=1S/C20H18F6N2O4S/c21-19(22,23)15-9-14(10-16(11-15)20(24,25)26)18(29)27-12-13-3-1-2-4-17(13)33(30,31)28-5-7-32-8-6-28/h1-4,9-11H,5-8,12H2,(H,27,29). The summed E-state index contributed by atoms with van der Waals surface area (Å²) in [5, 5.41) is 2.21. The minimum Gasteiger partial charge on any atom is -0.379 e. The number of rotatable bonds is 5. The normalized spacial score (nSPS) is 15.9.